The van der Waals surface area contributed by atoms with E-state index in [9.17, 15) is 0 Å². The van der Waals surface area contributed by atoms with E-state index >= 15 is 0 Å². The molecule has 124 valence electrons. The number of ether oxygens (including phenoxy) is 1. The van der Waals surface area contributed by atoms with E-state index < -0.39 is 0 Å². The van der Waals surface area contributed by atoms with Crippen molar-refractivity contribution in [2.75, 3.05) is 5.73 Å². The molecule has 3 aromatic rings. The molecule has 0 amide bonds. The van der Waals surface area contributed by atoms with E-state index in [2.05, 4.69) is 4.98 Å². The fourth-order valence-corrected chi connectivity index (χ4v) is 2.97. The van der Waals surface area contributed by atoms with Gasteiger partial charge >= 0.3 is 0 Å². The van der Waals surface area contributed by atoms with Gasteiger partial charge in [0.05, 0.1) is 6.33 Å². The molecule has 0 bridgehead atoms. The van der Waals surface area contributed by atoms with Gasteiger partial charge in [-0.1, -0.05) is 29.3 Å². The molecular weight excluding hydrogens is 345 g/mol. The SMILES string of the molecule is Nc1ccc(OC(CCn2ccnc2)c2ccc(Cl)cc2Cl)cc1. The molecule has 0 saturated carbocycles. The Morgan fingerprint density at radius 1 is 1.12 bits per heavy atom. The van der Waals surface area contributed by atoms with Crippen molar-refractivity contribution in [3.8, 4) is 5.75 Å². The molecule has 0 fully saturated rings. The number of nitrogens with two attached hydrogens (primary N) is 1. The number of rotatable bonds is 6. The van der Waals surface area contributed by atoms with Crippen molar-refractivity contribution in [2.45, 2.75) is 19.1 Å². The van der Waals surface area contributed by atoms with Gasteiger partial charge in [-0.25, -0.2) is 4.98 Å². The van der Waals surface area contributed by atoms with Crippen LogP contribution in [0, 0.1) is 0 Å². The molecule has 0 saturated heterocycles. The second-order valence-electron chi connectivity index (χ2n) is 5.43. The van der Waals surface area contributed by atoms with Crippen LogP contribution in [0.5, 0.6) is 5.75 Å². The first-order chi connectivity index (χ1) is 11.6. The highest BCUT2D eigenvalue weighted by atomic mass is 35.5. The molecule has 1 unspecified atom stereocenters. The van der Waals surface area contributed by atoms with Gasteiger partial charge in [0.2, 0.25) is 0 Å². The molecule has 0 spiro atoms. The molecule has 3 rings (SSSR count). The zero-order valence-electron chi connectivity index (χ0n) is 12.9. The van der Waals surface area contributed by atoms with Crippen molar-refractivity contribution in [2.24, 2.45) is 0 Å². The van der Waals surface area contributed by atoms with Crippen LogP contribution in [-0.2, 0) is 6.54 Å². The van der Waals surface area contributed by atoms with E-state index in [-0.39, 0.29) is 6.10 Å². The number of benzene rings is 2. The van der Waals surface area contributed by atoms with Gasteiger partial charge in [0.25, 0.3) is 0 Å². The fraction of sp³-hybridized carbons (Fsp3) is 0.167. The highest BCUT2D eigenvalue weighted by Gasteiger charge is 2.17. The van der Waals surface area contributed by atoms with Crippen LogP contribution >= 0.6 is 23.2 Å². The second kappa shape index (κ2) is 7.60. The molecule has 4 nitrogen and oxygen atoms in total. The lowest BCUT2D eigenvalue weighted by atomic mass is 10.1. The average molecular weight is 362 g/mol. The number of aryl methyl sites for hydroxylation is 1. The largest absolute Gasteiger partial charge is 0.486 e. The normalized spacial score (nSPS) is 12.1. The van der Waals surface area contributed by atoms with Gasteiger partial charge in [-0.15, -0.1) is 0 Å². The number of anilines is 1. The lowest BCUT2D eigenvalue weighted by Crippen LogP contribution is -2.11. The highest BCUT2D eigenvalue weighted by Crippen LogP contribution is 2.32. The molecule has 24 heavy (non-hydrogen) atoms. The van der Waals surface area contributed by atoms with Crippen LogP contribution in [0.4, 0.5) is 5.69 Å². The zero-order chi connectivity index (χ0) is 16.9. The summed E-state index contributed by atoms with van der Waals surface area (Å²) >= 11 is 12.4. The number of halogens is 2. The molecule has 1 aromatic heterocycles. The number of imidazole rings is 1. The van der Waals surface area contributed by atoms with Gasteiger partial charge in [0.1, 0.15) is 11.9 Å². The van der Waals surface area contributed by atoms with Gasteiger partial charge in [0.15, 0.2) is 0 Å². The first-order valence-corrected chi connectivity index (χ1v) is 8.30. The molecule has 0 aliphatic heterocycles. The Bertz CT molecular complexity index is 789. The van der Waals surface area contributed by atoms with Crippen LogP contribution in [0.3, 0.4) is 0 Å². The van der Waals surface area contributed by atoms with Crippen molar-refractivity contribution < 1.29 is 4.74 Å². The molecule has 6 heteroatoms. The van der Waals surface area contributed by atoms with E-state index in [0.29, 0.717) is 15.7 Å². The third-order valence-corrected chi connectivity index (χ3v) is 4.24. The Labute approximate surface area is 150 Å². The first-order valence-electron chi connectivity index (χ1n) is 7.55. The van der Waals surface area contributed by atoms with Gasteiger partial charge in [-0.05, 0) is 36.4 Å². The van der Waals surface area contributed by atoms with Crippen molar-refractivity contribution in [3.63, 3.8) is 0 Å². The van der Waals surface area contributed by atoms with E-state index in [1.165, 1.54) is 0 Å². The minimum absolute atomic E-state index is 0.208. The third kappa shape index (κ3) is 4.22. The van der Waals surface area contributed by atoms with Crippen LogP contribution in [-0.4, -0.2) is 9.55 Å². The van der Waals surface area contributed by atoms with Gasteiger partial charge in [-0.2, -0.15) is 0 Å². The maximum absolute atomic E-state index is 6.37. The Balaban J connectivity index is 1.83. The zero-order valence-corrected chi connectivity index (χ0v) is 14.4. The second-order valence-corrected chi connectivity index (χ2v) is 6.27. The lowest BCUT2D eigenvalue weighted by Gasteiger charge is -2.21. The number of nitrogen functional groups attached to an aromatic ring is 1. The van der Waals surface area contributed by atoms with Crippen LogP contribution < -0.4 is 10.5 Å². The molecule has 1 atom stereocenters. The Kier molecular flexibility index (Phi) is 5.28. The monoisotopic (exact) mass is 361 g/mol. The minimum Gasteiger partial charge on any atom is -0.486 e. The number of hydrogen-bond acceptors (Lipinski definition) is 3. The summed E-state index contributed by atoms with van der Waals surface area (Å²) in [5.74, 6) is 0.742. The maximum Gasteiger partial charge on any atom is 0.127 e. The topological polar surface area (TPSA) is 53.1 Å². The highest BCUT2D eigenvalue weighted by molar-refractivity contribution is 6.35. The molecule has 2 N–H and O–H groups in total. The quantitative estimate of drug-likeness (QED) is 0.629. The summed E-state index contributed by atoms with van der Waals surface area (Å²) in [6.07, 6.45) is 5.99. The van der Waals surface area contributed by atoms with Crippen LogP contribution in [0.25, 0.3) is 0 Å². The Hall–Kier alpha value is -2.17. The molecule has 0 radical (unpaired) electrons. The molecular formula is C18H17Cl2N3O. The van der Waals surface area contributed by atoms with Gasteiger partial charge in [0, 0.05) is 46.7 Å². The predicted molar refractivity (Wildman–Crippen MR) is 97.5 cm³/mol. The van der Waals surface area contributed by atoms with E-state index in [0.717, 1.165) is 24.3 Å². The average Bonchev–Trinajstić information content (AvgIpc) is 3.07. The van der Waals surface area contributed by atoms with Gasteiger partial charge in [-0.3, -0.25) is 0 Å². The molecule has 0 aliphatic carbocycles. The van der Waals surface area contributed by atoms with E-state index in [1.54, 1.807) is 18.6 Å². The molecule has 2 aromatic carbocycles. The maximum atomic E-state index is 6.37. The molecule has 1 heterocycles. The van der Waals surface area contributed by atoms with Crippen LogP contribution in [0.1, 0.15) is 18.1 Å². The summed E-state index contributed by atoms with van der Waals surface area (Å²) in [5.41, 5.74) is 7.33. The smallest absolute Gasteiger partial charge is 0.127 e. The summed E-state index contributed by atoms with van der Waals surface area (Å²) in [6, 6.07) is 12.8. The summed E-state index contributed by atoms with van der Waals surface area (Å²) in [7, 11) is 0. The number of aromatic nitrogens is 2. The number of hydrogen-bond donors (Lipinski definition) is 1. The minimum atomic E-state index is -0.208. The fourth-order valence-electron chi connectivity index (χ4n) is 2.44. The van der Waals surface area contributed by atoms with Crippen LogP contribution in [0.2, 0.25) is 10.0 Å². The summed E-state index contributed by atoms with van der Waals surface area (Å²) in [6.45, 7) is 0.762. The van der Waals surface area contributed by atoms with Crippen molar-refractivity contribution in [1.82, 2.24) is 9.55 Å². The Morgan fingerprint density at radius 2 is 1.92 bits per heavy atom. The predicted octanol–water partition coefficient (Wildman–Crippen LogP) is 4.98. The van der Waals surface area contributed by atoms with E-state index in [1.807, 2.05) is 47.2 Å². The summed E-state index contributed by atoms with van der Waals surface area (Å²) < 4.78 is 8.16. The van der Waals surface area contributed by atoms with E-state index in [4.69, 9.17) is 33.7 Å². The van der Waals surface area contributed by atoms with Crippen LogP contribution in [0.15, 0.2) is 61.2 Å². The summed E-state index contributed by atoms with van der Waals surface area (Å²) in [4.78, 5) is 4.06. The number of nitrogens with zero attached hydrogens (tertiary/aromatic N) is 2. The van der Waals surface area contributed by atoms with Crippen molar-refractivity contribution >= 4 is 28.9 Å². The first kappa shape index (κ1) is 16.7. The third-order valence-electron chi connectivity index (χ3n) is 3.68. The van der Waals surface area contributed by atoms with Gasteiger partial charge < -0.3 is 15.0 Å². The summed E-state index contributed by atoms with van der Waals surface area (Å²) in [5, 5.41) is 1.19. The Morgan fingerprint density at radius 3 is 2.58 bits per heavy atom. The standard InChI is InChI=1S/C18H17Cl2N3O/c19-13-1-6-16(17(20)11-13)18(7-9-23-10-8-22-12-23)24-15-4-2-14(21)3-5-15/h1-6,8,10-12,18H,7,9,21H2. The van der Waals surface area contributed by atoms with Crippen molar-refractivity contribution in [1.29, 1.82) is 0 Å². The molecule has 0 aliphatic rings. The van der Waals surface area contributed by atoms with Crippen molar-refractivity contribution in [3.05, 3.63) is 76.8 Å². The lowest BCUT2D eigenvalue weighted by molar-refractivity contribution is 0.188.